The summed E-state index contributed by atoms with van der Waals surface area (Å²) in [4.78, 5) is 2.46. The highest BCUT2D eigenvalue weighted by Gasteiger charge is 2.37. The van der Waals surface area contributed by atoms with Crippen LogP contribution in [0.1, 0.15) is 39.5 Å². The summed E-state index contributed by atoms with van der Waals surface area (Å²) in [5.74, 6) is 0. The molecule has 1 fully saturated rings. The summed E-state index contributed by atoms with van der Waals surface area (Å²) >= 11 is 0. The summed E-state index contributed by atoms with van der Waals surface area (Å²) in [7, 11) is 2.21. The van der Waals surface area contributed by atoms with Crippen molar-refractivity contribution >= 4 is 0 Å². The fourth-order valence-electron chi connectivity index (χ4n) is 2.28. The average molecular weight is 170 g/mol. The molecule has 2 N–H and O–H groups in total. The summed E-state index contributed by atoms with van der Waals surface area (Å²) < 4.78 is 0. The maximum atomic E-state index is 5.87. The van der Waals surface area contributed by atoms with Gasteiger partial charge in [0.2, 0.25) is 0 Å². The summed E-state index contributed by atoms with van der Waals surface area (Å²) in [6.45, 7) is 5.31. The van der Waals surface area contributed by atoms with Gasteiger partial charge in [-0.1, -0.05) is 12.8 Å². The zero-order valence-electron chi connectivity index (χ0n) is 8.64. The minimum atomic E-state index is 0.328. The zero-order chi connectivity index (χ0) is 9.19. The van der Waals surface area contributed by atoms with Crippen molar-refractivity contribution in [3.8, 4) is 0 Å². The first-order valence-electron chi connectivity index (χ1n) is 5.05. The Morgan fingerprint density at radius 3 is 2.17 bits per heavy atom. The minimum absolute atomic E-state index is 0.328. The first-order chi connectivity index (χ1) is 5.62. The van der Waals surface area contributed by atoms with Gasteiger partial charge >= 0.3 is 0 Å². The molecule has 0 heterocycles. The lowest BCUT2D eigenvalue weighted by molar-refractivity contribution is 0.0979. The molecule has 0 aromatic rings. The molecule has 0 radical (unpaired) electrons. The van der Waals surface area contributed by atoms with Gasteiger partial charge in [-0.15, -0.1) is 0 Å². The van der Waals surface area contributed by atoms with Crippen molar-refractivity contribution in [2.45, 2.75) is 51.1 Å². The molecule has 12 heavy (non-hydrogen) atoms. The van der Waals surface area contributed by atoms with Crippen LogP contribution in [0.4, 0.5) is 0 Å². The van der Waals surface area contributed by atoms with Crippen molar-refractivity contribution in [3.63, 3.8) is 0 Å². The molecule has 0 saturated heterocycles. The van der Waals surface area contributed by atoms with E-state index in [4.69, 9.17) is 5.73 Å². The van der Waals surface area contributed by atoms with Crippen molar-refractivity contribution < 1.29 is 0 Å². The smallest absolute Gasteiger partial charge is 0.0331 e. The SMILES string of the molecule is CC(C)N(C)C1(CN)CCCC1. The Hall–Kier alpha value is -0.0800. The van der Waals surface area contributed by atoms with Crippen LogP contribution >= 0.6 is 0 Å². The second-order valence-electron chi connectivity index (χ2n) is 4.34. The molecule has 0 bridgehead atoms. The van der Waals surface area contributed by atoms with Gasteiger partial charge in [0, 0.05) is 18.1 Å². The lowest BCUT2D eigenvalue weighted by Crippen LogP contribution is -2.52. The third-order valence-corrected chi connectivity index (χ3v) is 3.44. The third-order valence-electron chi connectivity index (χ3n) is 3.44. The van der Waals surface area contributed by atoms with Crippen molar-refractivity contribution in [1.29, 1.82) is 0 Å². The minimum Gasteiger partial charge on any atom is -0.329 e. The van der Waals surface area contributed by atoms with Crippen LogP contribution in [-0.4, -0.2) is 30.1 Å². The summed E-state index contributed by atoms with van der Waals surface area (Å²) in [6, 6.07) is 0.617. The van der Waals surface area contributed by atoms with Crippen molar-refractivity contribution in [1.82, 2.24) is 4.90 Å². The van der Waals surface area contributed by atoms with Gasteiger partial charge in [-0.3, -0.25) is 4.90 Å². The first kappa shape index (κ1) is 10.0. The summed E-state index contributed by atoms with van der Waals surface area (Å²) in [5, 5.41) is 0. The molecule has 0 aromatic heterocycles. The number of nitrogens with zero attached hydrogens (tertiary/aromatic N) is 1. The second kappa shape index (κ2) is 3.75. The monoisotopic (exact) mass is 170 g/mol. The van der Waals surface area contributed by atoms with Crippen LogP contribution in [0.25, 0.3) is 0 Å². The van der Waals surface area contributed by atoms with Gasteiger partial charge in [-0.25, -0.2) is 0 Å². The van der Waals surface area contributed by atoms with E-state index in [2.05, 4.69) is 25.8 Å². The fraction of sp³-hybridized carbons (Fsp3) is 1.00. The molecule has 1 aliphatic carbocycles. The van der Waals surface area contributed by atoms with E-state index < -0.39 is 0 Å². The van der Waals surface area contributed by atoms with E-state index >= 15 is 0 Å². The van der Waals surface area contributed by atoms with E-state index in [-0.39, 0.29) is 0 Å². The van der Waals surface area contributed by atoms with E-state index in [9.17, 15) is 0 Å². The predicted octanol–water partition coefficient (Wildman–Crippen LogP) is 1.60. The van der Waals surface area contributed by atoms with Crippen molar-refractivity contribution in [2.24, 2.45) is 5.73 Å². The quantitative estimate of drug-likeness (QED) is 0.697. The highest BCUT2D eigenvalue weighted by atomic mass is 15.2. The normalized spacial score (nSPS) is 22.5. The van der Waals surface area contributed by atoms with Crippen LogP contribution in [0.3, 0.4) is 0 Å². The molecule has 1 saturated carbocycles. The Bertz CT molecular complexity index is 137. The largest absolute Gasteiger partial charge is 0.329 e. The molecule has 1 rings (SSSR count). The standard InChI is InChI=1S/C10H22N2/c1-9(2)12(3)10(8-11)6-4-5-7-10/h9H,4-8,11H2,1-3H3. The van der Waals surface area contributed by atoms with E-state index in [0.29, 0.717) is 11.6 Å². The van der Waals surface area contributed by atoms with Gasteiger partial charge in [0.25, 0.3) is 0 Å². The highest BCUT2D eigenvalue weighted by molar-refractivity contribution is 4.95. The van der Waals surface area contributed by atoms with Crippen LogP contribution in [0.2, 0.25) is 0 Å². The second-order valence-corrected chi connectivity index (χ2v) is 4.34. The maximum Gasteiger partial charge on any atom is 0.0331 e. The molecule has 0 atom stereocenters. The lowest BCUT2D eigenvalue weighted by Gasteiger charge is -2.40. The zero-order valence-corrected chi connectivity index (χ0v) is 8.64. The molecule has 2 nitrogen and oxygen atoms in total. The Kier molecular flexibility index (Phi) is 3.13. The molecule has 0 aliphatic heterocycles. The lowest BCUT2D eigenvalue weighted by atomic mass is 9.94. The fourth-order valence-corrected chi connectivity index (χ4v) is 2.28. The highest BCUT2D eigenvalue weighted by Crippen LogP contribution is 2.34. The number of hydrogen-bond acceptors (Lipinski definition) is 2. The van der Waals surface area contributed by atoms with Crippen LogP contribution in [0, 0.1) is 0 Å². The van der Waals surface area contributed by atoms with Gasteiger partial charge in [0.05, 0.1) is 0 Å². The Labute approximate surface area is 76.1 Å². The third kappa shape index (κ3) is 1.64. The van der Waals surface area contributed by atoms with Crippen LogP contribution < -0.4 is 5.73 Å². The molecule has 0 amide bonds. The molecule has 0 aromatic carbocycles. The number of nitrogens with two attached hydrogens (primary N) is 1. The van der Waals surface area contributed by atoms with Crippen LogP contribution in [0.5, 0.6) is 0 Å². The number of hydrogen-bond donors (Lipinski definition) is 1. The van der Waals surface area contributed by atoms with Gasteiger partial charge in [0.1, 0.15) is 0 Å². The van der Waals surface area contributed by atoms with Gasteiger partial charge < -0.3 is 5.73 Å². The summed E-state index contributed by atoms with van der Waals surface area (Å²) in [6.07, 6.45) is 5.29. The van der Waals surface area contributed by atoms with Crippen molar-refractivity contribution in [3.05, 3.63) is 0 Å². The molecule has 0 unspecified atom stereocenters. The Morgan fingerprint density at radius 2 is 1.83 bits per heavy atom. The van der Waals surface area contributed by atoms with Crippen LogP contribution in [-0.2, 0) is 0 Å². The maximum absolute atomic E-state index is 5.87. The van der Waals surface area contributed by atoms with E-state index in [1.54, 1.807) is 0 Å². The number of likely N-dealkylation sites (N-methyl/N-ethyl adjacent to an activating group) is 1. The Morgan fingerprint density at radius 1 is 1.33 bits per heavy atom. The van der Waals surface area contributed by atoms with Gasteiger partial charge in [-0.2, -0.15) is 0 Å². The average Bonchev–Trinajstić information content (AvgIpc) is 2.52. The van der Waals surface area contributed by atoms with Gasteiger partial charge in [0.15, 0.2) is 0 Å². The van der Waals surface area contributed by atoms with Crippen LogP contribution in [0.15, 0.2) is 0 Å². The molecule has 2 heteroatoms. The van der Waals surface area contributed by atoms with E-state index in [1.807, 2.05) is 0 Å². The number of rotatable bonds is 3. The first-order valence-corrected chi connectivity index (χ1v) is 5.05. The van der Waals surface area contributed by atoms with Gasteiger partial charge in [-0.05, 0) is 33.7 Å². The predicted molar refractivity (Wildman–Crippen MR) is 53.2 cm³/mol. The summed E-state index contributed by atoms with van der Waals surface area (Å²) in [5.41, 5.74) is 6.19. The van der Waals surface area contributed by atoms with E-state index in [0.717, 1.165) is 6.54 Å². The molecular formula is C10H22N2. The molecule has 1 aliphatic rings. The van der Waals surface area contributed by atoms with E-state index in [1.165, 1.54) is 25.7 Å². The van der Waals surface area contributed by atoms with Crippen molar-refractivity contribution in [2.75, 3.05) is 13.6 Å². The molecule has 72 valence electrons. The molecule has 0 spiro atoms. The molecular weight excluding hydrogens is 148 g/mol. The topological polar surface area (TPSA) is 29.3 Å². The Balaban J connectivity index is 2.65.